The van der Waals surface area contributed by atoms with Gasteiger partial charge in [-0.25, -0.2) is 4.98 Å². The molecule has 5 rings (SSSR count). The Hall–Kier alpha value is -3.41. The molecule has 1 saturated carbocycles. The van der Waals surface area contributed by atoms with Crippen molar-refractivity contribution in [1.29, 1.82) is 0 Å². The summed E-state index contributed by atoms with van der Waals surface area (Å²) in [7, 11) is 1.89. The first-order chi connectivity index (χ1) is 13.7. The molecule has 0 bridgehead atoms. The predicted octanol–water partition coefficient (Wildman–Crippen LogP) is 3.54. The molecule has 0 atom stereocenters. The van der Waals surface area contributed by atoms with Crippen LogP contribution in [-0.4, -0.2) is 36.0 Å². The molecule has 1 amide bonds. The van der Waals surface area contributed by atoms with Crippen molar-refractivity contribution in [3.8, 4) is 11.3 Å². The normalized spacial score (nSPS) is 13.8. The number of carbonyl (C=O) groups is 1. The second kappa shape index (κ2) is 6.64. The molecule has 1 aliphatic carbocycles. The van der Waals surface area contributed by atoms with Crippen LogP contribution in [0.1, 0.15) is 28.8 Å². The summed E-state index contributed by atoms with van der Waals surface area (Å²) in [5.41, 5.74) is 4.54. The van der Waals surface area contributed by atoms with Crippen LogP contribution in [0.25, 0.3) is 16.9 Å². The minimum Gasteiger partial charge on any atom is -0.331 e. The van der Waals surface area contributed by atoms with E-state index in [0.29, 0.717) is 18.2 Å². The van der Waals surface area contributed by atoms with E-state index in [1.54, 1.807) is 4.68 Å². The van der Waals surface area contributed by atoms with Gasteiger partial charge in [0.25, 0.3) is 5.91 Å². The van der Waals surface area contributed by atoms with Crippen molar-refractivity contribution < 1.29 is 4.79 Å². The van der Waals surface area contributed by atoms with Crippen molar-refractivity contribution in [2.24, 2.45) is 7.05 Å². The summed E-state index contributed by atoms with van der Waals surface area (Å²) in [4.78, 5) is 19.9. The third-order valence-electron chi connectivity index (χ3n) is 5.13. The maximum Gasteiger partial charge on any atom is 0.255 e. The second-order valence-corrected chi connectivity index (χ2v) is 7.36. The molecule has 0 unspecified atom stereocenters. The Morgan fingerprint density at radius 1 is 1.11 bits per heavy atom. The monoisotopic (exact) mass is 371 g/mol. The number of hydrogen-bond acceptors (Lipinski definition) is 3. The van der Waals surface area contributed by atoms with Crippen LogP contribution in [-0.2, 0) is 13.6 Å². The fourth-order valence-electron chi connectivity index (χ4n) is 3.54. The molecule has 1 aliphatic rings. The van der Waals surface area contributed by atoms with Crippen LogP contribution < -0.4 is 0 Å². The third-order valence-corrected chi connectivity index (χ3v) is 5.13. The summed E-state index contributed by atoms with van der Waals surface area (Å²) in [6.07, 6.45) is 9.79. The lowest BCUT2D eigenvalue weighted by Crippen LogP contribution is -2.32. The molecule has 3 aromatic heterocycles. The lowest BCUT2D eigenvalue weighted by molar-refractivity contribution is 0.0729. The van der Waals surface area contributed by atoms with Gasteiger partial charge in [-0.2, -0.15) is 5.10 Å². The molecule has 0 spiro atoms. The largest absolute Gasteiger partial charge is 0.331 e. The van der Waals surface area contributed by atoms with E-state index >= 15 is 0 Å². The van der Waals surface area contributed by atoms with E-state index in [4.69, 9.17) is 0 Å². The van der Waals surface area contributed by atoms with Crippen molar-refractivity contribution in [1.82, 2.24) is 24.1 Å². The Morgan fingerprint density at radius 2 is 1.93 bits per heavy atom. The number of amides is 1. The SMILES string of the molecule is Cn1cc(CN(C(=O)c2ccc3nc(-c4ccccc4)cn3c2)C2CC2)cn1. The van der Waals surface area contributed by atoms with E-state index in [2.05, 4.69) is 10.1 Å². The number of aryl methyl sites for hydroxylation is 1. The number of hydrogen-bond donors (Lipinski definition) is 0. The number of nitrogens with zero attached hydrogens (tertiary/aromatic N) is 5. The quantitative estimate of drug-likeness (QED) is 0.539. The standard InChI is InChI=1S/C22H21N5O/c1-25-12-16(11-23-25)13-27(19-8-9-19)22(28)18-7-10-21-24-20(15-26(21)14-18)17-5-3-2-4-6-17/h2-7,10-12,14-15,19H,8-9,13H2,1H3. The van der Waals surface area contributed by atoms with Gasteiger partial charge >= 0.3 is 0 Å². The number of carbonyl (C=O) groups excluding carboxylic acids is 1. The van der Waals surface area contributed by atoms with Crippen molar-refractivity contribution in [2.75, 3.05) is 0 Å². The van der Waals surface area contributed by atoms with E-state index < -0.39 is 0 Å². The van der Waals surface area contributed by atoms with E-state index in [1.165, 1.54) is 0 Å². The minimum absolute atomic E-state index is 0.0585. The maximum absolute atomic E-state index is 13.2. The summed E-state index contributed by atoms with van der Waals surface area (Å²) >= 11 is 0. The number of rotatable bonds is 5. The minimum atomic E-state index is 0.0585. The molecule has 3 heterocycles. The number of fused-ring (bicyclic) bond motifs is 1. The van der Waals surface area contributed by atoms with Gasteiger partial charge in [0, 0.05) is 49.4 Å². The smallest absolute Gasteiger partial charge is 0.255 e. The van der Waals surface area contributed by atoms with E-state index in [1.807, 2.05) is 83.6 Å². The first-order valence-electron chi connectivity index (χ1n) is 9.50. The highest BCUT2D eigenvalue weighted by atomic mass is 16.2. The molecule has 0 aliphatic heterocycles. The van der Waals surface area contributed by atoms with Gasteiger partial charge in [0.1, 0.15) is 5.65 Å². The molecule has 6 nitrogen and oxygen atoms in total. The number of imidazole rings is 1. The first-order valence-corrected chi connectivity index (χ1v) is 9.50. The zero-order valence-corrected chi connectivity index (χ0v) is 15.7. The number of pyridine rings is 1. The van der Waals surface area contributed by atoms with Gasteiger partial charge < -0.3 is 9.30 Å². The van der Waals surface area contributed by atoms with Crippen molar-refractivity contribution in [3.05, 3.63) is 78.4 Å². The Kier molecular flexibility index (Phi) is 3.97. The Bertz CT molecular complexity index is 1140. The summed E-state index contributed by atoms with van der Waals surface area (Å²) < 4.78 is 3.71. The van der Waals surface area contributed by atoms with Gasteiger partial charge in [-0.1, -0.05) is 30.3 Å². The van der Waals surface area contributed by atoms with Gasteiger partial charge in [0.2, 0.25) is 0 Å². The zero-order valence-electron chi connectivity index (χ0n) is 15.7. The van der Waals surface area contributed by atoms with Crippen LogP contribution >= 0.6 is 0 Å². The summed E-state index contributed by atoms with van der Waals surface area (Å²) in [6, 6.07) is 14.2. The zero-order chi connectivity index (χ0) is 19.1. The second-order valence-electron chi connectivity index (χ2n) is 7.36. The average Bonchev–Trinajstić information content (AvgIpc) is 3.34. The van der Waals surface area contributed by atoms with Crippen LogP contribution in [0, 0.1) is 0 Å². The van der Waals surface area contributed by atoms with E-state index in [9.17, 15) is 4.79 Å². The summed E-state index contributed by atoms with van der Waals surface area (Å²) in [5, 5.41) is 4.22. The fraction of sp³-hybridized carbons (Fsp3) is 0.227. The Balaban J connectivity index is 1.44. The highest BCUT2D eigenvalue weighted by molar-refractivity contribution is 5.94. The lowest BCUT2D eigenvalue weighted by Gasteiger charge is -2.22. The van der Waals surface area contributed by atoms with Gasteiger partial charge in [-0.3, -0.25) is 9.48 Å². The highest BCUT2D eigenvalue weighted by Crippen LogP contribution is 2.30. The molecule has 0 radical (unpaired) electrons. The van der Waals surface area contributed by atoms with Gasteiger partial charge in [-0.15, -0.1) is 0 Å². The molecule has 1 fully saturated rings. The van der Waals surface area contributed by atoms with Crippen LogP contribution in [0.5, 0.6) is 0 Å². The third kappa shape index (κ3) is 3.17. The topological polar surface area (TPSA) is 55.4 Å². The lowest BCUT2D eigenvalue weighted by atomic mass is 10.2. The summed E-state index contributed by atoms with van der Waals surface area (Å²) in [5.74, 6) is 0.0585. The molecule has 6 heteroatoms. The molecule has 0 N–H and O–H groups in total. The Labute approximate surface area is 163 Å². The maximum atomic E-state index is 13.2. The van der Waals surface area contributed by atoms with Crippen molar-refractivity contribution >= 4 is 11.6 Å². The molecular formula is C22H21N5O. The van der Waals surface area contributed by atoms with Crippen LogP contribution in [0.3, 0.4) is 0 Å². The van der Waals surface area contributed by atoms with Crippen LogP contribution in [0.2, 0.25) is 0 Å². The van der Waals surface area contributed by atoms with Crippen LogP contribution in [0.4, 0.5) is 0 Å². The fourth-order valence-corrected chi connectivity index (χ4v) is 3.54. The van der Waals surface area contributed by atoms with Gasteiger partial charge in [0.05, 0.1) is 17.5 Å². The molecule has 0 saturated heterocycles. The van der Waals surface area contributed by atoms with Gasteiger partial charge in [-0.05, 0) is 25.0 Å². The predicted molar refractivity (Wildman–Crippen MR) is 107 cm³/mol. The number of aromatic nitrogens is 4. The molecule has 1 aromatic carbocycles. The molecule has 28 heavy (non-hydrogen) atoms. The average molecular weight is 371 g/mol. The summed E-state index contributed by atoms with van der Waals surface area (Å²) in [6.45, 7) is 0.592. The molecule has 4 aromatic rings. The van der Waals surface area contributed by atoms with Crippen molar-refractivity contribution in [2.45, 2.75) is 25.4 Å². The van der Waals surface area contributed by atoms with Crippen LogP contribution in [0.15, 0.2) is 67.3 Å². The Morgan fingerprint density at radius 3 is 2.64 bits per heavy atom. The number of benzene rings is 1. The molecule has 140 valence electrons. The van der Waals surface area contributed by atoms with Crippen molar-refractivity contribution in [3.63, 3.8) is 0 Å². The van der Waals surface area contributed by atoms with E-state index in [-0.39, 0.29) is 5.91 Å². The van der Waals surface area contributed by atoms with E-state index in [0.717, 1.165) is 35.3 Å². The van der Waals surface area contributed by atoms with Gasteiger partial charge in [0.15, 0.2) is 0 Å². The first kappa shape index (κ1) is 16.7. The highest BCUT2D eigenvalue weighted by Gasteiger charge is 2.33. The molecular weight excluding hydrogens is 350 g/mol.